The zero-order chi connectivity index (χ0) is 22.1. The van der Waals surface area contributed by atoms with E-state index in [-0.39, 0.29) is 17.2 Å². The van der Waals surface area contributed by atoms with Crippen LogP contribution >= 0.6 is 11.6 Å². The molecule has 0 aromatic heterocycles. The van der Waals surface area contributed by atoms with Gasteiger partial charge >= 0.3 is 5.97 Å². The van der Waals surface area contributed by atoms with Crippen LogP contribution in [0.4, 0.5) is 18.9 Å². The molecule has 0 bridgehead atoms. The Kier molecular flexibility index (Phi) is 6.62. The van der Waals surface area contributed by atoms with E-state index in [1.54, 1.807) is 25.1 Å². The smallest absolute Gasteiger partial charge is 0.309 e. The molecule has 1 heterocycles. The fourth-order valence-corrected chi connectivity index (χ4v) is 3.74. The molecule has 1 atom stereocenters. The van der Waals surface area contributed by atoms with Gasteiger partial charge in [0, 0.05) is 35.9 Å². The molecule has 30 heavy (non-hydrogen) atoms. The normalized spacial score (nSPS) is 16.9. The van der Waals surface area contributed by atoms with Gasteiger partial charge in [0.1, 0.15) is 0 Å². The number of halogens is 4. The number of aliphatic carboxylic acids is 1. The highest BCUT2D eigenvalue weighted by Crippen LogP contribution is 2.36. The van der Waals surface area contributed by atoms with Gasteiger partial charge in [0.15, 0.2) is 0 Å². The van der Waals surface area contributed by atoms with Gasteiger partial charge in [-0.3, -0.25) is 9.69 Å². The first kappa shape index (κ1) is 22.4. The molecular weight excluding hydrogens is 417 g/mol. The topological polar surface area (TPSA) is 52.6 Å². The molecule has 0 aliphatic carbocycles. The first-order chi connectivity index (χ1) is 14.1. The summed E-state index contributed by atoms with van der Waals surface area (Å²) in [6.45, 7) is 4.95. The summed E-state index contributed by atoms with van der Waals surface area (Å²) in [5, 5.41) is 11.8. The van der Waals surface area contributed by atoms with Crippen LogP contribution in [0.15, 0.2) is 36.4 Å². The molecule has 0 amide bonds. The number of anilines is 1. The summed E-state index contributed by atoms with van der Waals surface area (Å²) >= 11 is 5.95. The molecule has 1 aliphatic rings. The lowest BCUT2D eigenvalue weighted by Crippen LogP contribution is -2.49. The van der Waals surface area contributed by atoms with E-state index < -0.39 is 18.2 Å². The third kappa shape index (κ3) is 4.57. The number of rotatable bonds is 8. The highest BCUT2D eigenvalue weighted by molar-refractivity contribution is 6.31. The Morgan fingerprint density at radius 3 is 2.53 bits per heavy atom. The van der Waals surface area contributed by atoms with E-state index in [0.29, 0.717) is 30.2 Å². The molecular formula is C22H24ClF3N2O2. The minimum absolute atomic E-state index is 0.201. The van der Waals surface area contributed by atoms with Crippen molar-refractivity contribution in [3.8, 4) is 0 Å². The molecule has 0 spiro atoms. The number of carboxylic acids is 1. The molecule has 0 radical (unpaired) electrons. The predicted octanol–water partition coefficient (Wildman–Crippen LogP) is 5.23. The molecule has 2 aromatic rings. The number of alkyl halides is 3. The summed E-state index contributed by atoms with van der Waals surface area (Å²) < 4.78 is 43.0. The maximum atomic E-state index is 15.5. The lowest BCUT2D eigenvalue weighted by atomic mass is 9.97. The van der Waals surface area contributed by atoms with Gasteiger partial charge in [0.25, 0.3) is 12.2 Å². The van der Waals surface area contributed by atoms with E-state index in [1.807, 2.05) is 11.8 Å². The lowest BCUT2D eigenvalue weighted by molar-refractivity contribution is -0.147. The Bertz CT molecular complexity index is 935. The fourth-order valence-electron chi connectivity index (χ4n) is 3.63. The second kappa shape index (κ2) is 8.86. The molecule has 0 unspecified atom stereocenters. The Balaban J connectivity index is 1.85. The third-order valence-electron chi connectivity index (χ3n) is 5.49. The van der Waals surface area contributed by atoms with Gasteiger partial charge in [-0.25, -0.2) is 13.2 Å². The Hall–Kier alpha value is -2.25. The lowest BCUT2D eigenvalue weighted by Gasteiger charge is -2.37. The van der Waals surface area contributed by atoms with Crippen molar-refractivity contribution >= 4 is 23.3 Å². The minimum Gasteiger partial charge on any atom is -0.481 e. The molecule has 8 heteroatoms. The van der Waals surface area contributed by atoms with Crippen molar-refractivity contribution in [2.75, 3.05) is 18.4 Å². The zero-order valence-electron chi connectivity index (χ0n) is 16.8. The number of hydrogen-bond donors (Lipinski definition) is 2. The van der Waals surface area contributed by atoms with Crippen molar-refractivity contribution in [2.24, 2.45) is 5.92 Å². The average Bonchev–Trinajstić information content (AvgIpc) is 2.66. The molecule has 4 nitrogen and oxygen atoms in total. The van der Waals surface area contributed by atoms with E-state index in [2.05, 4.69) is 5.32 Å². The Morgan fingerprint density at radius 1 is 1.27 bits per heavy atom. The van der Waals surface area contributed by atoms with Crippen LogP contribution in [-0.2, 0) is 23.6 Å². The summed E-state index contributed by atoms with van der Waals surface area (Å²) in [6.07, 6.45) is -2.59. The van der Waals surface area contributed by atoms with Crippen LogP contribution < -0.4 is 5.32 Å². The maximum absolute atomic E-state index is 15.5. The van der Waals surface area contributed by atoms with Crippen LogP contribution in [0.3, 0.4) is 0 Å². The first-order valence-corrected chi connectivity index (χ1v) is 10.1. The van der Waals surface area contributed by atoms with E-state index in [1.165, 1.54) is 18.2 Å². The number of nitrogens with zero attached hydrogens (tertiary/aromatic N) is 1. The number of carboxylic acid groups (broad SMARTS) is 1. The maximum Gasteiger partial charge on any atom is 0.309 e. The largest absolute Gasteiger partial charge is 0.481 e. The van der Waals surface area contributed by atoms with E-state index in [9.17, 15) is 13.6 Å². The molecule has 2 aromatic carbocycles. The third-order valence-corrected chi connectivity index (χ3v) is 5.92. The number of hydrogen-bond acceptors (Lipinski definition) is 3. The highest BCUT2D eigenvalue weighted by atomic mass is 35.5. The molecule has 2 N–H and O–H groups in total. The minimum atomic E-state index is -3.31. The first-order valence-electron chi connectivity index (χ1n) is 9.72. The van der Waals surface area contributed by atoms with E-state index in [0.717, 1.165) is 17.5 Å². The SMILES string of the molecule is CCc1ccc(N[C@](F)(c2ccc(Cl)c(C)c2)C(F)F)cc1CN1CC(C(=O)O)C1. The Labute approximate surface area is 178 Å². The van der Waals surface area contributed by atoms with Crippen molar-refractivity contribution in [3.63, 3.8) is 0 Å². The molecule has 162 valence electrons. The summed E-state index contributed by atoms with van der Waals surface area (Å²) in [5.41, 5.74) is 2.39. The number of benzene rings is 2. The van der Waals surface area contributed by atoms with Gasteiger partial charge < -0.3 is 10.4 Å². The van der Waals surface area contributed by atoms with Crippen molar-refractivity contribution < 1.29 is 23.1 Å². The van der Waals surface area contributed by atoms with Crippen LogP contribution in [0.2, 0.25) is 5.02 Å². The molecule has 1 aliphatic heterocycles. The van der Waals surface area contributed by atoms with Gasteiger partial charge in [-0.1, -0.05) is 30.7 Å². The monoisotopic (exact) mass is 440 g/mol. The van der Waals surface area contributed by atoms with Gasteiger partial charge in [0.05, 0.1) is 5.92 Å². The van der Waals surface area contributed by atoms with Crippen LogP contribution in [0.1, 0.15) is 29.2 Å². The van der Waals surface area contributed by atoms with Crippen molar-refractivity contribution in [1.82, 2.24) is 4.90 Å². The van der Waals surface area contributed by atoms with Crippen LogP contribution in [0.25, 0.3) is 0 Å². The average molecular weight is 441 g/mol. The Morgan fingerprint density at radius 2 is 1.97 bits per heavy atom. The van der Waals surface area contributed by atoms with Crippen molar-refractivity contribution in [2.45, 2.75) is 39.0 Å². The van der Waals surface area contributed by atoms with Gasteiger partial charge in [-0.15, -0.1) is 0 Å². The standard InChI is InChI=1S/C22H24ClF3N2O2/c1-3-14-4-6-18(9-15(14)10-28-11-16(12-28)20(29)30)27-22(26,21(24)25)17-5-7-19(23)13(2)8-17/h4-9,16,21,27H,3,10-12H2,1-2H3,(H,29,30)/t22-/m1/s1. The van der Waals surface area contributed by atoms with Crippen molar-refractivity contribution in [3.05, 3.63) is 63.7 Å². The van der Waals surface area contributed by atoms with Gasteiger partial charge in [-0.2, -0.15) is 0 Å². The molecule has 1 saturated heterocycles. The summed E-state index contributed by atoms with van der Waals surface area (Å²) in [4.78, 5) is 13.0. The van der Waals surface area contributed by atoms with Crippen LogP contribution in [0.5, 0.6) is 0 Å². The van der Waals surface area contributed by atoms with Crippen molar-refractivity contribution in [1.29, 1.82) is 0 Å². The summed E-state index contributed by atoms with van der Waals surface area (Å²) in [5.74, 6) is -4.29. The molecule has 1 fully saturated rings. The summed E-state index contributed by atoms with van der Waals surface area (Å²) in [7, 11) is 0. The number of nitrogens with one attached hydrogen (secondary N) is 1. The highest BCUT2D eigenvalue weighted by Gasteiger charge is 2.43. The van der Waals surface area contributed by atoms with Gasteiger partial charge in [-0.05, 0) is 54.3 Å². The number of carbonyl (C=O) groups is 1. The number of likely N-dealkylation sites (tertiary alicyclic amines) is 1. The second-order valence-electron chi connectivity index (χ2n) is 7.67. The quantitative estimate of drug-likeness (QED) is 0.552. The van der Waals surface area contributed by atoms with Gasteiger partial charge in [0.2, 0.25) is 0 Å². The summed E-state index contributed by atoms with van der Waals surface area (Å²) in [6, 6.07) is 8.99. The van der Waals surface area contributed by atoms with E-state index >= 15 is 4.39 Å². The second-order valence-corrected chi connectivity index (χ2v) is 8.07. The molecule has 3 rings (SSSR count). The van der Waals surface area contributed by atoms with Crippen LogP contribution in [-0.4, -0.2) is 35.5 Å². The predicted molar refractivity (Wildman–Crippen MR) is 111 cm³/mol. The van der Waals surface area contributed by atoms with Crippen LogP contribution in [0, 0.1) is 12.8 Å². The zero-order valence-corrected chi connectivity index (χ0v) is 17.5. The number of aryl methyl sites for hydroxylation is 2. The fraction of sp³-hybridized carbons (Fsp3) is 0.409. The van der Waals surface area contributed by atoms with E-state index in [4.69, 9.17) is 16.7 Å². The molecule has 0 saturated carbocycles.